The zero-order valence-corrected chi connectivity index (χ0v) is 11.3. The quantitative estimate of drug-likeness (QED) is 0.439. The summed E-state index contributed by atoms with van der Waals surface area (Å²) in [4.78, 5) is 10.3. The third-order valence-corrected chi connectivity index (χ3v) is 2.78. The molecule has 0 bridgehead atoms. The van der Waals surface area contributed by atoms with Crippen molar-refractivity contribution in [2.24, 2.45) is 0 Å². The van der Waals surface area contributed by atoms with E-state index >= 15 is 0 Å². The minimum Gasteiger partial charge on any atom is -0.481 e. The van der Waals surface area contributed by atoms with Crippen LogP contribution in [-0.4, -0.2) is 22.8 Å². The van der Waals surface area contributed by atoms with E-state index < -0.39 is 5.97 Å². The van der Waals surface area contributed by atoms with Gasteiger partial charge in [0.15, 0.2) is 0 Å². The molecule has 18 heavy (non-hydrogen) atoms. The van der Waals surface area contributed by atoms with Crippen LogP contribution in [0.4, 0.5) is 0 Å². The van der Waals surface area contributed by atoms with E-state index in [0.29, 0.717) is 6.61 Å². The minimum absolute atomic E-state index is 0.279. The zero-order chi connectivity index (χ0) is 13.5. The number of aliphatic hydroxyl groups is 1. The molecule has 0 aromatic rings. The lowest BCUT2D eigenvalue weighted by Gasteiger charge is -1.96. The summed E-state index contributed by atoms with van der Waals surface area (Å²) in [6.07, 6.45) is 10.5. The van der Waals surface area contributed by atoms with Crippen molar-refractivity contribution in [1.29, 1.82) is 0 Å². The molecule has 0 aliphatic rings. The van der Waals surface area contributed by atoms with Gasteiger partial charge >= 0.3 is 5.97 Å². The molecule has 0 heterocycles. The molecule has 0 rings (SSSR count). The average molecular weight is 254 g/mol. The van der Waals surface area contributed by atoms with Gasteiger partial charge in [-0.3, -0.25) is 4.79 Å². The van der Waals surface area contributed by atoms with Crippen molar-refractivity contribution in [3.8, 4) is 11.8 Å². The van der Waals surface area contributed by atoms with Crippen molar-refractivity contribution < 1.29 is 15.0 Å². The highest BCUT2D eigenvalue weighted by atomic mass is 16.4. The van der Waals surface area contributed by atoms with Gasteiger partial charge in [-0.25, -0.2) is 0 Å². The Labute approximate surface area is 111 Å². The second-order valence-electron chi connectivity index (χ2n) is 4.55. The lowest BCUT2D eigenvalue weighted by atomic mass is 10.1. The number of carboxylic acid groups (broad SMARTS) is 1. The maximum atomic E-state index is 10.3. The highest BCUT2D eigenvalue weighted by Gasteiger charge is 1.94. The second-order valence-corrected chi connectivity index (χ2v) is 4.55. The van der Waals surface area contributed by atoms with Gasteiger partial charge in [-0.15, -0.1) is 11.8 Å². The molecular weight excluding hydrogens is 228 g/mol. The number of unbranched alkanes of at least 4 members (excludes halogenated alkanes) is 8. The van der Waals surface area contributed by atoms with Gasteiger partial charge in [-0.05, 0) is 25.7 Å². The Kier molecular flexibility index (Phi) is 13.3. The van der Waals surface area contributed by atoms with E-state index in [9.17, 15) is 4.79 Å². The molecule has 0 radical (unpaired) electrons. The third-order valence-electron chi connectivity index (χ3n) is 2.78. The standard InChI is InChI=1S/C15H26O3/c16-14-12-10-8-6-4-2-1-3-5-7-9-11-13-15(17)18/h16H,2,4-14H2,(H,17,18). The first-order valence-corrected chi connectivity index (χ1v) is 7.05. The SMILES string of the molecule is O=C(O)CCCCCC#CCCCCCCCO. The van der Waals surface area contributed by atoms with Gasteiger partial charge in [0.05, 0.1) is 0 Å². The van der Waals surface area contributed by atoms with Gasteiger partial charge in [0.1, 0.15) is 0 Å². The minimum atomic E-state index is -0.706. The van der Waals surface area contributed by atoms with Crippen LogP contribution in [0.3, 0.4) is 0 Å². The Hall–Kier alpha value is -1.01. The molecule has 2 N–H and O–H groups in total. The normalized spacial score (nSPS) is 9.83. The van der Waals surface area contributed by atoms with E-state index in [-0.39, 0.29) is 6.42 Å². The Bertz CT molecular complexity index is 250. The van der Waals surface area contributed by atoms with Crippen LogP contribution in [0.25, 0.3) is 0 Å². The van der Waals surface area contributed by atoms with Crippen molar-refractivity contribution in [2.45, 2.75) is 70.6 Å². The average Bonchev–Trinajstić information content (AvgIpc) is 2.34. The van der Waals surface area contributed by atoms with Crippen molar-refractivity contribution in [2.75, 3.05) is 6.61 Å². The number of hydrogen-bond donors (Lipinski definition) is 2. The van der Waals surface area contributed by atoms with Crippen LogP contribution < -0.4 is 0 Å². The molecule has 0 unspecified atom stereocenters. The monoisotopic (exact) mass is 254 g/mol. The van der Waals surface area contributed by atoms with E-state index in [4.69, 9.17) is 10.2 Å². The predicted octanol–water partition coefficient (Wildman–Crippen LogP) is 3.36. The van der Waals surface area contributed by atoms with Gasteiger partial charge in [-0.2, -0.15) is 0 Å². The van der Waals surface area contributed by atoms with E-state index in [1.807, 2.05) is 0 Å². The first-order chi connectivity index (χ1) is 8.77. The third kappa shape index (κ3) is 15.0. The van der Waals surface area contributed by atoms with E-state index in [2.05, 4.69) is 11.8 Å². The second kappa shape index (κ2) is 14.1. The maximum absolute atomic E-state index is 10.3. The largest absolute Gasteiger partial charge is 0.481 e. The van der Waals surface area contributed by atoms with Gasteiger partial charge < -0.3 is 10.2 Å². The molecule has 0 saturated heterocycles. The summed E-state index contributed by atoms with van der Waals surface area (Å²) in [5, 5.41) is 17.1. The highest BCUT2D eigenvalue weighted by Crippen LogP contribution is 2.05. The summed E-state index contributed by atoms with van der Waals surface area (Å²) in [5.74, 6) is 5.59. The van der Waals surface area contributed by atoms with Gasteiger partial charge in [0.2, 0.25) is 0 Å². The molecular formula is C15H26O3. The summed E-state index contributed by atoms with van der Waals surface area (Å²) < 4.78 is 0. The zero-order valence-electron chi connectivity index (χ0n) is 11.3. The Morgan fingerprint density at radius 1 is 0.778 bits per heavy atom. The van der Waals surface area contributed by atoms with Crippen molar-refractivity contribution >= 4 is 5.97 Å². The van der Waals surface area contributed by atoms with Crippen LogP contribution in [0.15, 0.2) is 0 Å². The Balaban J connectivity index is 3.12. The summed E-state index contributed by atoms with van der Waals surface area (Å²) in [7, 11) is 0. The fourth-order valence-electron chi connectivity index (χ4n) is 1.70. The number of hydrogen-bond acceptors (Lipinski definition) is 2. The van der Waals surface area contributed by atoms with Crippen molar-refractivity contribution in [1.82, 2.24) is 0 Å². The Morgan fingerprint density at radius 2 is 1.28 bits per heavy atom. The number of aliphatic hydroxyl groups excluding tert-OH is 1. The lowest BCUT2D eigenvalue weighted by molar-refractivity contribution is -0.137. The number of carbonyl (C=O) groups is 1. The van der Waals surface area contributed by atoms with Crippen molar-refractivity contribution in [3.05, 3.63) is 0 Å². The molecule has 0 fully saturated rings. The molecule has 0 aliphatic carbocycles. The van der Waals surface area contributed by atoms with Gasteiger partial charge in [0, 0.05) is 25.9 Å². The first-order valence-electron chi connectivity index (χ1n) is 7.05. The van der Waals surface area contributed by atoms with Crippen LogP contribution in [0.5, 0.6) is 0 Å². The summed E-state index contributed by atoms with van der Waals surface area (Å²) in [6.45, 7) is 0.307. The lowest BCUT2D eigenvalue weighted by Crippen LogP contribution is -1.93. The van der Waals surface area contributed by atoms with Gasteiger partial charge in [-0.1, -0.05) is 25.7 Å². The van der Waals surface area contributed by atoms with E-state index in [1.165, 1.54) is 12.8 Å². The molecule has 0 spiro atoms. The maximum Gasteiger partial charge on any atom is 0.303 e. The summed E-state index contributed by atoms with van der Waals surface area (Å²) in [5.41, 5.74) is 0. The first kappa shape index (κ1) is 17.0. The van der Waals surface area contributed by atoms with Crippen LogP contribution >= 0.6 is 0 Å². The van der Waals surface area contributed by atoms with Crippen LogP contribution in [0.1, 0.15) is 70.6 Å². The van der Waals surface area contributed by atoms with E-state index in [1.54, 1.807) is 0 Å². The number of aliphatic carboxylic acids is 1. The molecule has 0 atom stereocenters. The van der Waals surface area contributed by atoms with E-state index in [0.717, 1.165) is 51.4 Å². The predicted molar refractivity (Wildman–Crippen MR) is 73.3 cm³/mol. The molecule has 0 amide bonds. The molecule has 104 valence electrons. The van der Waals surface area contributed by atoms with Crippen LogP contribution in [-0.2, 0) is 4.79 Å². The fourth-order valence-corrected chi connectivity index (χ4v) is 1.70. The Morgan fingerprint density at radius 3 is 1.83 bits per heavy atom. The summed E-state index contributed by atoms with van der Waals surface area (Å²) >= 11 is 0. The number of carboxylic acids is 1. The van der Waals surface area contributed by atoms with Crippen LogP contribution in [0.2, 0.25) is 0 Å². The van der Waals surface area contributed by atoms with Crippen molar-refractivity contribution in [3.63, 3.8) is 0 Å². The number of rotatable bonds is 11. The smallest absolute Gasteiger partial charge is 0.303 e. The molecule has 3 nitrogen and oxygen atoms in total. The van der Waals surface area contributed by atoms with Gasteiger partial charge in [0.25, 0.3) is 0 Å². The molecule has 0 aliphatic heterocycles. The molecule has 0 aromatic heterocycles. The molecule has 3 heteroatoms. The van der Waals surface area contributed by atoms with Crippen LogP contribution in [0, 0.1) is 11.8 Å². The fraction of sp³-hybridized carbons (Fsp3) is 0.800. The highest BCUT2D eigenvalue weighted by molar-refractivity contribution is 5.66. The molecule has 0 aromatic carbocycles. The topological polar surface area (TPSA) is 57.5 Å². The summed E-state index contributed by atoms with van der Waals surface area (Å²) in [6, 6.07) is 0. The molecule has 0 saturated carbocycles.